The molecule has 0 aliphatic heterocycles. The zero-order valence-electron chi connectivity index (χ0n) is 18.3. The maximum absolute atomic E-state index is 13.7. The first-order chi connectivity index (χ1) is 16.8. The van der Waals surface area contributed by atoms with Gasteiger partial charge in [-0.05, 0) is 43.3 Å². The van der Waals surface area contributed by atoms with Gasteiger partial charge in [0.1, 0.15) is 29.7 Å². The van der Waals surface area contributed by atoms with E-state index < -0.39 is 22.5 Å². The van der Waals surface area contributed by atoms with E-state index >= 15 is 0 Å². The fourth-order valence-electron chi connectivity index (χ4n) is 3.07. The lowest BCUT2D eigenvalue weighted by Gasteiger charge is -2.09. The molecule has 0 saturated heterocycles. The SMILES string of the molecule is Cc1ccc(Oc2cc(NC(=O)c3ccc(COc4ccc(F)cc4F)o3)cc([N+](=O)[O-])c2)cc1. The smallest absolute Gasteiger partial charge is 0.291 e. The number of halogens is 2. The molecule has 1 heterocycles. The van der Waals surface area contributed by atoms with Crippen LogP contribution in [0.3, 0.4) is 0 Å². The Kier molecular flexibility index (Phi) is 6.72. The number of nitrogens with zero attached hydrogens (tertiary/aromatic N) is 1. The average Bonchev–Trinajstić information content (AvgIpc) is 3.29. The van der Waals surface area contributed by atoms with Crippen molar-refractivity contribution in [3.63, 3.8) is 0 Å². The van der Waals surface area contributed by atoms with Crippen molar-refractivity contribution in [2.45, 2.75) is 13.5 Å². The second-order valence-corrected chi connectivity index (χ2v) is 7.47. The standard InChI is InChI=1S/C25H18F2N2O6/c1-15-2-5-19(6-3-15)34-21-12-17(11-18(13-21)29(31)32)28-25(30)24-9-7-20(35-24)14-33-23-8-4-16(26)10-22(23)27/h2-13H,14H2,1H3,(H,28,30). The van der Waals surface area contributed by atoms with Crippen molar-refractivity contribution in [1.82, 2.24) is 0 Å². The van der Waals surface area contributed by atoms with Crippen LogP contribution in [0.5, 0.6) is 17.2 Å². The van der Waals surface area contributed by atoms with E-state index in [4.69, 9.17) is 13.9 Å². The average molecular weight is 480 g/mol. The quantitative estimate of drug-likeness (QED) is 0.231. The number of anilines is 1. The van der Waals surface area contributed by atoms with E-state index in [0.29, 0.717) is 11.8 Å². The van der Waals surface area contributed by atoms with Crippen LogP contribution in [0.15, 0.2) is 77.2 Å². The predicted octanol–water partition coefficient (Wildman–Crippen LogP) is 6.40. The molecule has 3 aromatic carbocycles. The molecule has 1 N–H and O–H groups in total. The lowest BCUT2D eigenvalue weighted by molar-refractivity contribution is -0.384. The molecule has 0 aliphatic rings. The van der Waals surface area contributed by atoms with Gasteiger partial charge in [0, 0.05) is 18.2 Å². The molecular formula is C25H18F2N2O6. The van der Waals surface area contributed by atoms with Crippen LogP contribution in [0.1, 0.15) is 21.9 Å². The van der Waals surface area contributed by atoms with Gasteiger partial charge < -0.3 is 19.2 Å². The van der Waals surface area contributed by atoms with Crippen LogP contribution in [0.25, 0.3) is 0 Å². The molecular weight excluding hydrogens is 462 g/mol. The summed E-state index contributed by atoms with van der Waals surface area (Å²) in [5, 5.41) is 13.9. The lowest BCUT2D eigenvalue weighted by Crippen LogP contribution is -2.11. The Morgan fingerprint density at radius 2 is 1.77 bits per heavy atom. The zero-order chi connectivity index (χ0) is 24.9. The Morgan fingerprint density at radius 3 is 2.49 bits per heavy atom. The summed E-state index contributed by atoms with van der Waals surface area (Å²) in [7, 11) is 0. The maximum atomic E-state index is 13.7. The minimum atomic E-state index is -0.871. The van der Waals surface area contributed by atoms with Gasteiger partial charge in [-0.1, -0.05) is 17.7 Å². The molecule has 0 spiro atoms. The van der Waals surface area contributed by atoms with E-state index in [1.807, 2.05) is 19.1 Å². The van der Waals surface area contributed by atoms with Gasteiger partial charge in [0.2, 0.25) is 0 Å². The summed E-state index contributed by atoms with van der Waals surface area (Å²) in [6.07, 6.45) is 0. The van der Waals surface area contributed by atoms with Gasteiger partial charge in [-0.15, -0.1) is 0 Å². The van der Waals surface area contributed by atoms with Crippen molar-refractivity contribution >= 4 is 17.3 Å². The Morgan fingerprint density at radius 1 is 1.00 bits per heavy atom. The molecule has 0 radical (unpaired) electrons. The summed E-state index contributed by atoms with van der Waals surface area (Å²) < 4.78 is 43.1. The topological polar surface area (TPSA) is 104 Å². The molecule has 0 atom stereocenters. The van der Waals surface area contributed by atoms with Crippen LogP contribution in [0, 0.1) is 28.7 Å². The van der Waals surface area contributed by atoms with E-state index in [0.717, 1.165) is 17.7 Å². The predicted molar refractivity (Wildman–Crippen MR) is 122 cm³/mol. The van der Waals surface area contributed by atoms with Crippen LogP contribution in [0.2, 0.25) is 0 Å². The monoisotopic (exact) mass is 480 g/mol. The number of hydrogen-bond donors (Lipinski definition) is 1. The third kappa shape index (κ3) is 5.99. The van der Waals surface area contributed by atoms with Crippen LogP contribution in [0.4, 0.5) is 20.2 Å². The normalized spacial score (nSPS) is 10.6. The summed E-state index contributed by atoms with van der Waals surface area (Å²) in [6.45, 7) is 1.71. The van der Waals surface area contributed by atoms with Crippen LogP contribution in [-0.2, 0) is 6.61 Å². The third-order valence-corrected chi connectivity index (χ3v) is 4.77. The Labute approximate surface area is 197 Å². The zero-order valence-corrected chi connectivity index (χ0v) is 18.3. The number of carbonyl (C=O) groups excluding carboxylic acids is 1. The molecule has 0 aliphatic carbocycles. The van der Waals surface area contributed by atoms with Gasteiger partial charge >= 0.3 is 0 Å². The third-order valence-electron chi connectivity index (χ3n) is 4.77. The fourth-order valence-corrected chi connectivity index (χ4v) is 3.07. The van der Waals surface area contributed by atoms with E-state index in [-0.39, 0.29) is 41.0 Å². The number of furan rings is 1. The summed E-state index contributed by atoms with van der Waals surface area (Å²) >= 11 is 0. The highest BCUT2D eigenvalue weighted by atomic mass is 19.1. The molecule has 4 rings (SSSR count). The highest BCUT2D eigenvalue weighted by Gasteiger charge is 2.17. The summed E-state index contributed by atoms with van der Waals surface area (Å²) in [5.74, 6) is -1.71. The molecule has 8 nitrogen and oxygen atoms in total. The Balaban J connectivity index is 1.46. The number of nitro benzene ring substituents is 1. The first-order valence-electron chi connectivity index (χ1n) is 10.3. The van der Waals surface area contributed by atoms with Crippen molar-refractivity contribution in [1.29, 1.82) is 0 Å². The molecule has 0 saturated carbocycles. The number of rotatable bonds is 8. The molecule has 10 heteroatoms. The highest BCUT2D eigenvalue weighted by molar-refractivity contribution is 6.02. The fraction of sp³-hybridized carbons (Fsp3) is 0.0800. The number of benzene rings is 3. The van der Waals surface area contributed by atoms with Crippen molar-refractivity contribution in [2.24, 2.45) is 0 Å². The van der Waals surface area contributed by atoms with E-state index in [2.05, 4.69) is 5.32 Å². The van der Waals surface area contributed by atoms with Gasteiger partial charge in [-0.3, -0.25) is 14.9 Å². The van der Waals surface area contributed by atoms with E-state index in [1.54, 1.807) is 12.1 Å². The molecule has 1 aromatic heterocycles. The second-order valence-electron chi connectivity index (χ2n) is 7.47. The minimum Gasteiger partial charge on any atom is -0.483 e. The maximum Gasteiger partial charge on any atom is 0.291 e. The molecule has 0 fully saturated rings. The summed E-state index contributed by atoms with van der Waals surface area (Å²) in [4.78, 5) is 23.4. The molecule has 178 valence electrons. The van der Waals surface area contributed by atoms with Gasteiger partial charge in [-0.25, -0.2) is 8.78 Å². The van der Waals surface area contributed by atoms with Gasteiger partial charge in [0.25, 0.3) is 11.6 Å². The van der Waals surface area contributed by atoms with Crippen molar-refractivity contribution in [3.05, 3.63) is 112 Å². The number of ether oxygens (including phenoxy) is 2. The summed E-state index contributed by atoms with van der Waals surface area (Å²) in [6, 6.07) is 16.7. The van der Waals surface area contributed by atoms with Crippen LogP contribution < -0.4 is 14.8 Å². The first-order valence-corrected chi connectivity index (χ1v) is 10.3. The minimum absolute atomic E-state index is 0.101. The Hall–Kier alpha value is -4.73. The van der Waals surface area contributed by atoms with Crippen molar-refractivity contribution < 1.29 is 32.4 Å². The van der Waals surface area contributed by atoms with E-state index in [1.165, 1.54) is 30.3 Å². The summed E-state index contributed by atoms with van der Waals surface area (Å²) in [5.41, 5.74) is 0.865. The number of aryl methyl sites for hydroxylation is 1. The van der Waals surface area contributed by atoms with Gasteiger partial charge in [0.05, 0.1) is 16.7 Å². The largest absolute Gasteiger partial charge is 0.483 e. The van der Waals surface area contributed by atoms with Crippen molar-refractivity contribution in [3.8, 4) is 17.2 Å². The van der Waals surface area contributed by atoms with Gasteiger partial charge in [0.15, 0.2) is 17.3 Å². The number of non-ortho nitro benzene ring substituents is 1. The molecule has 35 heavy (non-hydrogen) atoms. The molecule has 4 aromatic rings. The highest BCUT2D eigenvalue weighted by Crippen LogP contribution is 2.30. The Bertz CT molecular complexity index is 1390. The van der Waals surface area contributed by atoms with Gasteiger partial charge in [-0.2, -0.15) is 0 Å². The number of amides is 1. The first kappa shape index (κ1) is 23.4. The lowest BCUT2D eigenvalue weighted by atomic mass is 10.2. The molecule has 0 bridgehead atoms. The molecule has 1 amide bonds. The number of nitrogens with one attached hydrogen (secondary N) is 1. The van der Waals surface area contributed by atoms with Crippen molar-refractivity contribution in [2.75, 3.05) is 5.32 Å². The van der Waals surface area contributed by atoms with Crippen LogP contribution >= 0.6 is 0 Å². The van der Waals surface area contributed by atoms with E-state index in [9.17, 15) is 23.7 Å². The molecule has 0 unspecified atom stereocenters. The van der Waals surface area contributed by atoms with Crippen LogP contribution in [-0.4, -0.2) is 10.8 Å². The number of hydrogen-bond acceptors (Lipinski definition) is 6. The second kappa shape index (κ2) is 10.0. The number of nitro groups is 1. The number of carbonyl (C=O) groups is 1.